The van der Waals surface area contributed by atoms with Crippen molar-refractivity contribution in [2.75, 3.05) is 91.7 Å². The minimum atomic E-state index is -1.57. The Morgan fingerprint density at radius 1 is 0.649 bits per heavy atom. The number of anilines is 1. The minimum Gasteiger partial charge on any atom is -0.493 e. The van der Waals surface area contributed by atoms with Gasteiger partial charge in [-0.2, -0.15) is 0 Å². The minimum absolute atomic E-state index is 0.0236. The van der Waals surface area contributed by atoms with Gasteiger partial charge in [0.15, 0.2) is 35.0 Å². The molecule has 0 unspecified atom stereocenters. The van der Waals surface area contributed by atoms with E-state index >= 15 is 0 Å². The molecule has 2 N–H and O–H groups in total. The van der Waals surface area contributed by atoms with Gasteiger partial charge in [-0.05, 0) is 80.4 Å². The Hall–Kier alpha value is -9.14. The number of Topliss-reactive ketones (excluding diaryl/α,β-unsaturated/α-hetero) is 3. The first-order chi connectivity index (χ1) is 46.8. The Bertz CT molecular complexity index is 3520. The molecule has 8 rings (SSSR count). The number of nitrogens with zero attached hydrogens (tertiary/aromatic N) is 5. The number of rotatable bonds is 39. The highest BCUT2D eigenvalue weighted by Gasteiger charge is 2.46. The maximum Gasteiger partial charge on any atom is 0.416 e. The first-order valence-corrected chi connectivity index (χ1v) is 32.8. The van der Waals surface area contributed by atoms with Crippen LogP contribution in [0.15, 0.2) is 114 Å². The van der Waals surface area contributed by atoms with E-state index in [1.807, 2.05) is 58.2 Å². The van der Waals surface area contributed by atoms with Gasteiger partial charge in [-0.15, -0.1) is 0 Å². The monoisotopic (exact) mass is 1340 g/mol. The second kappa shape index (κ2) is 36.3. The molecule has 6 amide bonds. The van der Waals surface area contributed by atoms with Gasteiger partial charge in [-0.1, -0.05) is 62.4 Å². The third-order valence-corrected chi connectivity index (χ3v) is 16.8. The summed E-state index contributed by atoms with van der Waals surface area (Å²) in [5.74, 6) is -2.13. The fraction of sp³-hybridized carbons (Fsp3) is 0.472. The predicted octanol–water partition coefficient (Wildman–Crippen LogP) is 8.06. The molecule has 5 heterocycles. The van der Waals surface area contributed by atoms with Crippen molar-refractivity contribution < 1.29 is 90.9 Å². The number of aliphatic imine (C=N–C) groups is 1. The van der Waals surface area contributed by atoms with Gasteiger partial charge >= 0.3 is 6.09 Å². The van der Waals surface area contributed by atoms with E-state index in [1.165, 1.54) is 43.4 Å². The summed E-state index contributed by atoms with van der Waals surface area (Å²) in [5, 5.41) is 14.9. The second-order valence-electron chi connectivity index (χ2n) is 24.1. The Morgan fingerprint density at radius 2 is 1.23 bits per heavy atom. The van der Waals surface area contributed by atoms with Crippen LogP contribution in [0.3, 0.4) is 0 Å². The zero-order valence-electron chi connectivity index (χ0n) is 56.2. The number of imide groups is 1. The molecule has 3 aromatic rings. The molecule has 0 aromatic heterocycles. The maximum atomic E-state index is 14.4. The molecule has 0 aliphatic carbocycles. The molecular formula is C72H88N6O19. The molecule has 0 fully saturated rings. The molecule has 0 bridgehead atoms. The smallest absolute Gasteiger partial charge is 0.416 e. The highest BCUT2D eigenvalue weighted by molar-refractivity contribution is 6.13. The molecule has 0 spiro atoms. The van der Waals surface area contributed by atoms with Crippen molar-refractivity contribution in [1.82, 2.24) is 20.0 Å². The number of hydrogen-bond donors (Lipinski definition) is 2. The van der Waals surface area contributed by atoms with Crippen molar-refractivity contribution in [1.29, 1.82) is 0 Å². The van der Waals surface area contributed by atoms with Gasteiger partial charge < -0.3 is 62.9 Å². The van der Waals surface area contributed by atoms with Crippen LogP contribution >= 0.6 is 0 Å². The number of ketones is 3. The summed E-state index contributed by atoms with van der Waals surface area (Å²) in [5.41, 5.74) is 3.90. The van der Waals surface area contributed by atoms with Crippen LogP contribution in [0.25, 0.3) is 0 Å². The van der Waals surface area contributed by atoms with Crippen LogP contribution < -0.4 is 29.2 Å². The molecule has 25 nitrogen and oxygen atoms in total. The largest absolute Gasteiger partial charge is 0.493 e. The summed E-state index contributed by atoms with van der Waals surface area (Å²) in [6, 6.07) is 11.1. The summed E-state index contributed by atoms with van der Waals surface area (Å²) < 4.78 is 51.8. The van der Waals surface area contributed by atoms with Crippen molar-refractivity contribution >= 4 is 70.6 Å². The lowest BCUT2D eigenvalue weighted by Gasteiger charge is -2.31. The molecule has 5 aliphatic rings. The van der Waals surface area contributed by atoms with Gasteiger partial charge in [0.1, 0.15) is 18.2 Å². The molecule has 520 valence electrons. The van der Waals surface area contributed by atoms with Gasteiger partial charge in [0.05, 0.1) is 114 Å². The van der Waals surface area contributed by atoms with Crippen molar-refractivity contribution in [2.45, 2.75) is 123 Å². The average Bonchev–Trinajstić information content (AvgIpc) is 1.62. The van der Waals surface area contributed by atoms with Gasteiger partial charge in [-0.3, -0.25) is 48.2 Å². The lowest BCUT2D eigenvalue weighted by molar-refractivity contribution is -0.137. The molecule has 25 heteroatoms. The number of benzene rings is 3. The van der Waals surface area contributed by atoms with Crippen LogP contribution in [0.2, 0.25) is 0 Å². The number of hydrogen-bond acceptors (Lipinski definition) is 20. The number of aliphatic hydroxyl groups excluding tert-OH is 1. The Balaban J connectivity index is 0.757. The Morgan fingerprint density at radius 3 is 1.86 bits per heavy atom. The number of carbonyl (C=O) groups is 9. The molecule has 3 aromatic carbocycles. The number of amides is 6. The number of fused-ring (bicyclic) bond motifs is 4. The molecule has 5 atom stereocenters. The number of ether oxygens (including phenoxy) is 9. The summed E-state index contributed by atoms with van der Waals surface area (Å²) in [7, 11) is 2.92. The molecule has 0 saturated carbocycles. The van der Waals surface area contributed by atoms with Gasteiger partial charge in [0, 0.05) is 100 Å². The van der Waals surface area contributed by atoms with E-state index in [2.05, 4.69) is 10.3 Å². The molecule has 0 radical (unpaired) electrons. The first kappa shape index (κ1) is 73.7. The van der Waals surface area contributed by atoms with E-state index in [1.54, 1.807) is 60.6 Å². The van der Waals surface area contributed by atoms with Crippen LogP contribution in [0.1, 0.15) is 118 Å². The van der Waals surface area contributed by atoms with E-state index in [4.69, 9.17) is 42.6 Å². The fourth-order valence-electron chi connectivity index (χ4n) is 11.5. The highest BCUT2D eigenvalue weighted by atomic mass is 16.6. The van der Waals surface area contributed by atoms with Crippen LogP contribution in [-0.2, 0) is 65.5 Å². The quantitative estimate of drug-likeness (QED) is 0.0403. The Labute approximate surface area is 565 Å². The van der Waals surface area contributed by atoms with E-state index in [9.17, 15) is 48.3 Å². The third kappa shape index (κ3) is 20.0. The van der Waals surface area contributed by atoms with E-state index in [0.717, 1.165) is 20.9 Å². The summed E-state index contributed by atoms with van der Waals surface area (Å²) in [4.78, 5) is 128. The zero-order chi connectivity index (χ0) is 69.5. The van der Waals surface area contributed by atoms with Gasteiger partial charge in [0.25, 0.3) is 23.6 Å². The SMILES string of the molecule is C/C=C/C1=CN2C(=O)c3cc(OC)c(OCCCOc4cc5c(cc4OC)C(=O)N4C=C(/C=C/C)C[C@H]4[C@H](O)N5C(=O)OCc4ccc(CC(=O)[C@H](C)NC(=O)[C@@H](CC(=O)CCOCCOCCOCCOCCCC(=O)CCN5C(=O)C=CC5=O)C(C)C)cc4)cc3N=C[C@@H]2C1. The number of allylic oxidation sites excluding steroid dienone is 4. The lowest BCUT2D eigenvalue weighted by atomic mass is 9.88. The highest BCUT2D eigenvalue weighted by Crippen LogP contribution is 2.43. The lowest BCUT2D eigenvalue weighted by Crippen LogP contribution is -2.50. The van der Waals surface area contributed by atoms with Crippen LogP contribution in [0.4, 0.5) is 16.2 Å². The van der Waals surface area contributed by atoms with E-state index in [0.29, 0.717) is 86.2 Å². The third-order valence-electron chi connectivity index (χ3n) is 16.8. The number of methoxy groups -OCH3 is 2. The average molecular weight is 1340 g/mol. The second-order valence-corrected chi connectivity index (χ2v) is 24.1. The topological polar surface area (TPSA) is 294 Å². The van der Waals surface area contributed by atoms with Crippen LogP contribution in [0.5, 0.6) is 23.0 Å². The molecule has 5 aliphatic heterocycles. The number of aliphatic hydroxyl groups is 1. The van der Waals surface area contributed by atoms with Crippen molar-refractivity contribution in [3.8, 4) is 23.0 Å². The van der Waals surface area contributed by atoms with Gasteiger partial charge in [0.2, 0.25) is 5.91 Å². The standard InChI is InChI=1S/C72H88N6O19/c1-8-12-50-34-52-42-73-58-40-64(62(89-6)38-56(58)69(85)76(52)43-50)95-25-11-26-96-65-41-59-57(39-63(65)90-7)70(86)77-44-51(13-9-2)35-60(77)71(87)78(59)72(88)97-45-49-17-15-48(16-18-49)36-61(81)47(5)74-68(84)55(46(3)4)37-54(80)22-27-92-29-31-94-33-32-93-30-28-91-24-10-14-53(79)21-23-75-66(82)19-20-67(75)83/h8-9,12-13,15-20,38-44,46-47,52,55,60,71,87H,10-11,14,21-37,45H2,1-7H3,(H,74,84)/b12-8+,13-9+/t47-,52-,55-,60-,71-/m0/s1. The summed E-state index contributed by atoms with van der Waals surface area (Å²) >= 11 is 0. The Kier molecular flexibility index (Phi) is 27.5. The van der Waals surface area contributed by atoms with Gasteiger partial charge in [-0.25, -0.2) is 9.69 Å². The predicted molar refractivity (Wildman–Crippen MR) is 357 cm³/mol. The molecule has 97 heavy (non-hydrogen) atoms. The zero-order valence-corrected chi connectivity index (χ0v) is 56.2. The normalized spacial score (nSPS) is 17.8. The summed E-state index contributed by atoms with van der Waals surface area (Å²) in [6.45, 7) is 11.5. The number of carbonyl (C=O) groups excluding carboxylic acids is 9. The molecular weight excluding hydrogens is 1250 g/mol. The van der Waals surface area contributed by atoms with E-state index in [-0.39, 0.29) is 143 Å². The van der Waals surface area contributed by atoms with Crippen molar-refractivity contribution in [3.63, 3.8) is 0 Å². The van der Waals surface area contributed by atoms with Crippen molar-refractivity contribution in [3.05, 3.63) is 131 Å². The number of nitrogens with one attached hydrogen (secondary N) is 1. The summed E-state index contributed by atoms with van der Waals surface area (Å²) in [6.07, 6.45) is 14.9. The fourth-order valence-corrected chi connectivity index (χ4v) is 11.5. The van der Waals surface area contributed by atoms with Crippen LogP contribution in [-0.4, -0.2) is 190 Å². The first-order valence-electron chi connectivity index (χ1n) is 32.8. The van der Waals surface area contributed by atoms with E-state index < -0.39 is 54.0 Å². The maximum absolute atomic E-state index is 14.4. The molecule has 0 saturated heterocycles. The van der Waals surface area contributed by atoms with Crippen LogP contribution in [0, 0.1) is 11.8 Å². The van der Waals surface area contributed by atoms with Crippen molar-refractivity contribution in [2.24, 2.45) is 16.8 Å².